The van der Waals surface area contributed by atoms with Gasteiger partial charge in [-0.1, -0.05) is 59.3 Å². The highest BCUT2D eigenvalue weighted by Crippen LogP contribution is 2.29. The minimum atomic E-state index is -0.317. The van der Waals surface area contributed by atoms with E-state index in [9.17, 15) is 4.39 Å². The van der Waals surface area contributed by atoms with Crippen molar-refractivity contribution in [2.24, 2.45) is 0 Å². The van der Waals surface area contributed by atoms with Crippen molar-refractivity contribution in [2.75, 3.05) is 0 Å². The number of benzene rings is 2. The number of halogens is 2. The van der Waals surface area contributed by atoms with Gasteiger partial charge >= 0.3 is 0 Å². The summed E-state index contributed by atoms with van der Waals surface area (Å²) in [5.41, 5.74) is 4.61. The quantitative estimate of drug-likeness (QED) is 0.394. The molecule has 0 bridgehead atoms. The number of hydrogen-bond donors (Lipinski definition) is 0. The Bertz CT molecular complexity index is 1090. The Morgan fingerprint density at radius 3 is 2.81 bits per heavy atom. The number of rotatable bonds is 5. The molecule has 0 aliphatic heterocycles. The third-order valence-electron chi connectivity index (χ3n) is 4.34. The van der Waals surface area contributed by atoms with E-state index in [-0.39, 0.29) is 5.82 Å². The van der Waals surface area contributed by atoms with Crippen LogP contribution in [0.1, 0.15) is 16.7 Å². The van der Waals surface area contributed by atoms with Crippen molar-refractivity contribution in [2.45, 2.75) is 24.4 Å². The summed E-state index contributed by atoms with van der Waals surface area (Å²) < 4.78 is 16.3. The summed E-state index contributed by atoms with van der Waals surface area (Å²) in [5, 5.41) is 1.23. The lowest BCUT2D eigenvalue weighted by Crippen LogP contribution is -2.04. The number of aryl methyl sites for hydroxylation is 1. The zero-order chi connectivity index (χ0) is 18.8. The van der Waals surface area contributed by atoms with Gasteiger partial charge in [0, 0.05) is 22.5 Å². The highest BCUT2D eigenvalue weighted by molar-refractivity contribution is 7.98. The molecule has 2 aromatic carbocycles. The van der Waals surface area contributed by atoms with Crippen molar-refractivity contribution in [1.29, 1.82) is 0 Å². The van der Waals surface area contributed by atoms with Gasteiger partial charge in [-0.25, -0.2) is 9.37 Å². The average molecular weight is 398 g/mol. The monoisotopic (exact) mass is 397 g/mol. The van der Waals surface area contributed by atoms with E-state index in [1.54, 1.807) is 36.3 Å². The van der Waals surface area contributed by atoms with Crippen LogP contribution >= 0.6 is 23.4 Å². The van der Waals surface area contributed by atoms with E-state index in [1.807, 2.05) is 10.6 Å². The molecular formula is C21H17ClFN3S. The van der Waals surface area contributed by atoms with Crippen molar-refractivity contribution in [3.05, 3.63) is 88.5 Å². The van der Waals surface area contributed by atoms with Crippen LogP contribution in [0.3, 0.4) is 0 Å². The van der Waals surface area contributed by atoms with E-state index < -0.39 is 0 Å². The first-order chi connectivity index (χ1) is 13.1. The van der Waals surface area contributed by atoms with Crippen LogP contribution in [0.5, 0.6) is 0 Å². The number of hydrogen-bond acceptors (Lipinski definition) is 3. The third-order valence-corrected chi connectivity index (χ3v) is 5.75. The first-order valence-electron chi connectivity index (χ1n) is 8.53. The Balaban J connectivity index is 1.71. The van der Waals surface area contributed by atoms with E-state index in [1.165, 1.54) is 17.2 Å². The molecule has 0 fully saturated rings. The van der Waals surface area contributed by atoms with Crippen LogP contribution < -0.4 is 0 Å². The first-order valence-corrected chi connectivity index (χ1v) is 9.89. The lowest BCUT2D eigenvalue weighted by atomic mass is 10.2. The fourth-order valence-electron chi connectivity index (χ4n) is 3.00. The second-order valence-corrected chi connectivity index (χ2v) is 7.67. The third kappa shape index (κ3) is 3.84. The molecule has 0 saturated carbocycles. The number of pyridine rings is 1. The number of fused-ring (bicyclic) bond motifs is 1. The van der Waals surface area contributed by atoms with E-state index in [4.69, 9.17) is 16.6 Å². The predicted molar refractivity (Wildman–Crippen MR) is 109 cm³/mol. The highest BCUT2D eigenvalue weighted by Gasteiger charge is 2.15. The van der Waals surface area contributed by atoms with Gasteiger partial charge in [0.15, 0.2) is 5.16 Å². The molecule has 6 heteroatoms. The minimum absolute atomic E-state index is 0.309. The summed E-state index contributed by atoms with van der Waals surface area (Å²) in [4.78, 5) is 8.93. The molecule has 0 N–H and O–H groups in total. The van der Waals surface area contributed by atoms with Crippen LogP contribution in [0, 0.1) is 12.7 Å². The zero-order valence-electron chi connectivity index (χ0n) is 14.7. The molecule has 3 nitrogen and oxygen atoms in total. The van der Waals surface area contributed by atoms with Crippen LogP contribution in [0.15, 0.2) is 66.1 Å². The average Bonchev–Trinajstić information content (AvgIpc) is 3.01. The molecule has 2 aromatic heterocycles. The van der Waals surface area contributed by atoms with Gasteiger partial charge in [-0.05, 0) is 30.7 Å². The van der Waals surface area contributed by atoms with E-state index in [0.29, 0.717) is 17.1 Å². The summed E-state index contributed by atoms with van der Waals surface area (Å²) in [6.07, 6.45) is 3.47. The fourth-order valence-corrected chi connectivity index (χ4v) is 4.18. The molecular weight excluding hydrogens is 381 g/mol. The minimum Gasteiger partial charge on any atom is -0.313 e. The zero-order valence-corrected chi connectivity index (χ0v) is 16.3. The van der Waals surface area contributed by atoms with Gasteiger partial charge in [0.25, 0.3) is 0 Å². The summed E-state index contributed by atoms with van der Waals surface area (Å²) in [5.74, 6) is 0.464. The molecule has 0 saturated heterocycles. The highest BCUT2D eigenvalue weighted by atomic mass is 35.5. The molecule has 136 valence electrons. The predicted octanol–water partition coefficient (Wildman–Crippen LogP) is 5.87. The summed E-state index contributed by atoms with van der Waals surface area (Å²) in [6.45, 7) is 2.39. The van der Waals surface area contributed by atoms with E-state index in [2.05, 4.69) is 36.2 Å². The summed E-state index contributed by atoms with van der Waals surface area (Å²) in [6, 6.07) is 15.0. The molecule has 0 aliphatic rings. The Morgan fingerprint density at radius 1 is 1.15 bits per heavy atom. The molecule has 0 atom stereocenters. The van der Waals surface area contributed by atoms with E-state index in [0.717, 1.165) is 21.9 Å². The topological polar surface area (TPSA) is 30.7 Å². The Morgan fingerprint density at radius 2 is 2.00 bits per heavy atom. The van der Waals surface area contributed by atoms with Crippen molar-refractivity contribution < 1.29 is 4.39 Å². The Kier molecular flexibility index (Phi) is 5.14. The summed E-state index contributed by atoms with van der Waals surface area (Å²) in [7, 11) is 0. The van der Waals surface area contributed by atoms with Crippen molar-refractivity contribution in [1.82, 2.24) is 14.5 Å². The van der Waals surface area contributed by atoms with Crippen LogP contribution in [-0.4, -0.2) is 14.5 Å². The lowest BCUT2D eigenvalue weighted by Gasteiger charge is -2.11. The molecule has 4 aromatic rings. The van der Waals surface area contributed by atoms with Crippen molar-refractivity contribution in [3.63, 3.8) is 0 Å². The second-order valence-electron chi connectivity index (χ2n) is 6.32. The SMILES string of the molecule is Cc1cccc(CSc2nc3ccncc3n2Cc2c(F)cccc2Cl)c1. The van der Waals surface area contributed by atoms with Crippen molar-refractivity contribution >= 4 is 34.4 Å². The molecule has 27 heavy (non-hydrogen) atoms. The normalized spacial score (nSPS) is 11.2. The van der Waals surface area contributed by atoms with Crippen molar-refractivity contribution in [3.8, 4) is 0 Å². The summed E-state index contributed by atoms with van der Waals surface area (Å²) >= 11 is 7.87. The van der Waals surface area contributed by atoms with Crippen LogP contribution in [-0.2, 0) is 12.3 Å². The first kappa shape index (κ1) is 18.0. The van der Waals surface area contributed by atoms with Gasteiger partial charge in [0.05, 0.1) is 23.8 Å². The molecule has 4 rings (SSSR count). The largest absolute Gasteiger partial charge is 0.313 e. The molecule has 0 radical (unpaired) electrons. The molecule has 0 spiro atoms. The maximum atomic E-state index is 14.3. The maximum Gasteiger partial charge on any atom is 0.169 e. The number of thioether (sulfide) groups is 1. The maximum absolute atomic E-state index is 14.3. The standard InChI is InChI=1S/C21H17ClFN3S/c1-14-4-2-5-15(10-14)13-27-21-25-19-8-9-24-11-20(19)26(21)12-16-17(22)6-3-7-18(16)23/h2-11H,12-13H2,1H3. The van der Waals surface area contributed by atoms with Gasteiger partial charge in [-0.2, -0.15) is 0 Å². The number of aromatic nitrogens is 3. The Hall–Kier alpha value is -2.37. The molecule has 2 heterocycles. The second kappa shape index (κ2) is 7.71. The van der Waals surface area contributed by atoms with Gasteiger partial charge in [-0.3, -0.25) is 4.98 Å². The molecule has 0 amide bonds. The van der Waals surface area contributed by atoms with E-state index >= 15 is 0 Å². The number of imidazole rings is 1. The number of nitrogens with zero attached hydrogens (tertiary/aromatic N) is 3. The van der Waals surface area contributed by atoms with Gasteiger partial charge in [0.1, 0.15) is 5.82 Å². The van der Waals surface area contributed by atoms with Gasteiger partial charge in [0.2, 0.25) is 0 Å². The fraction of sp³-hybridized carbons (Fsp3) is 0.143. The molecule has 0 aliphatic carbocycles. The molecule has 0 unspecified atom stereocenters. The van der Waals surface area contributed by atoms with Crippen LogP contribution in [0.25, 0.3) is 11.0 Å². The van der Waals surface area contributed by atoms with Gasteiger partial charge in [-0.15, -0.1) is 0 Å². The van der Waals surface area contributed by atoms with Gasteiger partial charge < -0.3 is 4.57 Å². The lowest BCUT2D eigenvalue weighted by molar-refractivity contribution is 0.594. The van der Waals surface area contributed by atoms with Crippen LogP contribution in [0.4, 0.5) is 4.39 Å². The smallest absolute Gasteiger partial charge is 0.169 e. The Labute approximate surface area is 166 Å². The van der Waals surface area contributed by atoms with Crippen LogP contribution in [0.2, 0.25) is 5.02 Å².